The summed E-state index contributed by atoms with van der Waals surface area (Å²) in [6.07, 6.45) is 1.58. The number of aromatic nitrogens is 4. The van der Waals surface area contributed by atoms with Gasteiger partial charge in [0.15, 0.2) is 5.65 Å². The zero-order chi connectivity index (χ0) is 18.3. The van der Waals surface area contributed by atoms with Crippen molar-refractivity contribution in [2.24, 2.45) is 12.8 Å². The molecular weight excluding hydrogens is 398 g/mol. The van der Waals surface area contributed by atoms with Crippen LogP contribution in [0.4, 0.5) is 11.5 Å². The summed E-state index contributed by atoms with van der Waals surface area (Å²) in [4.78, 5) is 24.6. The Kier molecular flexibility index (Phi) is 4.23. The smallest absolute Gasteiger partial charge is 0.248 e. The van der Waals surface area contributed by atoms with E-state index < -0.39 is 5.91 Å². The summed E-state index contributed by atoms with van der Waals surface area (Å²) in [7, 11) is 1.87. The van der Waals surface area contributed by atoms with Gasteiger partial charge >= 0.3 is 0 Å². The van der Waals surface area contributed by atoms with Crippen molar-refractivity contribution in [2.45, 2.75) is 0 Å². The molecule has 2 aromatic heterocycles. The Bertz CT molecular complexity index is 961. The van der Waals surface area contributed by atoms with E-state index in [1.807, 2.05) is 19.2 Å². The molecule has 1 amide bonds. The second-order valence-electron chi connectivity index (χ2n) is 6.20. The highest BCUT2D eigenvalue weighted by atomic mass is 79.9. The molecular formula is C17H18BrN7O. The van der Waals surface area contributed by atoms with Crippen molar-refractivity contribution in [3.63, 3.8) is 0 Å². The number of nitrogens with two attached hydrogens (primary N) is 1. The van der Waals surface area contributed by atoms with Crippen LogP contribution >= 0.6 is 15.9 Å². The molecule has 1 saturated heterocycles. The molecule has 3 aromatic rings. The van der Waals surface area contributed by atoms with Crippen molar-refractivity contribution in [2.75, 3.05) is 36.0 Å². The first kappa shape index (κ1) is 16.8. The number of hydrogen-bond donors (Lipinski definition) is 1. The van der Waals surface area contributed by atoms with Crippen molar-refractivity contribution < 1.29 is 4.79 Å². The molecule has 0 saturated carbocycles. The van der Waals surface area contributed by atoms with Crippen LogP contribution in [0.1, 0.15) is 10.4 Å². The molecule has 8 nitrogen and oxygen atoms in total. The Morgan fingerprint density at radius 1 is 1.08 bits per heavy atom. The molecule has 9 heteroatoms. The third-order valence-electron chi connectivity index (χ3n) is 4.65. The fourth-order valence-electron chi connectivity index (χ4n) is 3.28. The predicted molar refractivity (Wildman–Crippen MR) is 103 cm³/mol. The highest BCUT2D eigenvalue weighted by molar-refractivity contribution is 9.10. The average molecular weight is 416 g/mol. The third-order valence-corrected chi connectivity index (χ3v) is 5.21. The van der Waals surface area contributed by atoms with Gasteiger partial charge in [0.1, 0.15) is 16.7 Å². The lowest BCUT2D eigenvalue weighted by molar-refractivity contribution is 0.100. The molecule has 0 radical (unpaired) electrons. The number of benzene rings is 1. The van der Waals surface area contributed by atoms with Crippen LogP contribution in [0.5, 0.6) is 0 Å². The molecule has 3 heterocycles. The summed E-state index contributed by atoms with van der Waals surface area (Å²) in [6.45, 7) is 3.40. The molecule has 1 aliphatic rings. The lowest BCUT2D eigenvalue weighted by atomic mass is 10.1. The van der Waals surface area contributed by atoms with Crippen LogP contribution in [0.15, 0.2) is 35.2 Å². The van der Waals surface area contributed by atoms with E-state index in [2.05, 4.69) is 40.8 Å². The first-order valence-corrected chi connectivity index (χ1v) is 9.07. The van der Waals surface area contributed by atoms with Crippen LogP contribution in [0.2, 0.25) is 0 Å². The standard InChI is InChI=1S/C17H18BrN7O/c1-23-16-13(14(18)22-23)17(21-10-20-16)25-8-6-24(7-9-25)12-4-2-11(3-5-12)15(19)26/h2-5,10H,6-9H2,1H3,(H2,19,26). The molecule has 1 aliphatic heterocycles. The molecule has 2 N–H and O–H groups in total. The minimum absolute atomic E-state index is 0.406. The summed E-state index contributed by atoms with van der Waals surface area (Å²) < 4.78 is 2.51. The second-order valence-corrected chi connectivity index (χ2v) is 6.95. The van der Waals surface area contributed by atoms with E-state index in [1.165, 1.54) is 0 Å². The van der Waals surface area contributed by atoms with E-state index in [0.29, 0.717) is 5.56 Å². The van der Waals surface area contributed by atoms with Crippen LogP contribution in [-0.2, 0) is 7.05 Å². The lowest BCUT2D eigenvalue weighted by Crippen LogP contribution is -2.47. The summed E-state index contributed by atoms with van der Waals surface area (Å²) in [5, 5.41) is 5.33. The molecule has 26 heavy (non-hydrogen) atoms. The first-order valence-electron chi connectivity index (χ1n) is 8.27. The van der Waals surface area contributed by atoms with Gasteiger partial charge in [-0.15, -0.1) is 0 Å². The number of fused-ring (bicyclic) bond motifs is 1. The maximum absolute atomic E-state index is 11.2. The predicted octanol–water partition coefficient (Wildman–Crippen LogP) is 1.55. The van der Waals surface area contributed by atoms with Crippen LogP contribution in [0.25, 0.3) is 11.0 Å². The number of amides is 1. The molecule has 0 aliphatic carbocycles. The number of rotatable bonds is 3. The SMILES string of the molecule is Cn1nc(Br)c2c(N3CCN(c4ccc(C(N)=O)cc4)CC3)ncnc21. The van der Waals surface area contributed by atoms with E-state index in [1.54, 1.807) is 23.1 Å². The fourth-order valence-corrected chi connectivity index (χ4v) is 3.87. The van der Waals surface area contributed by atoms with Gasteiger partial charge in [0.05, 0.1) is 5.39 Å². The monoisotopic (exact) mass is 415 g/mol. The number of halogens is 1. The molecule has 4 rings (SSSR count). The number of carbonyl (C=O) groups excluding carboxylic acids is 1. The highest BCUT2D eigenvalue weighted by Crippen LogP contribution is 2.30. The normalized spacial score (nSPS) is 14.8. The molecule has 0 spiro atoms. The van der Waals surface area contributed by atoms with Gasteiger partial charge in [-0.05, 0) is 40.2 Å². The van der Waals surface area contributed by atoms with Gasteiger partial charge in [-0.1, -0.05) is 0 Å². The summed E-state index contributed by atoms with van der Waals surface area (Å²) in [5.74, 6) is 0.495. The van der Waals surface area contributed by atoms with Crippen LogP contribution in [0.3, 0.4) is 0 Å². The number of piperazine rings is 1. The molecule has 1 aromatic carbocycles. The van der Waals surface area contributed by atoms with Crippen LogP contribution in [0, 0.1) is 0 Å². The zero-order valence-electron chi connectivity index (χ0n) is 14.3. The van der Waals surface area contributed by atoms with Gasteiger partial charge in [-0.25, -0.2) is 14.6 Å². The highest BCUT2D eigenvalue weighted by Gasteiger charge is 2.23. The topological polar surface area (TPSA) is 93.2 Å². The summed E-state index contributed by atoms with van der Waals surface area (Å²) >= 11 is 3.52. The molecule has 0 unspecified atom stereocenters. The maximum atomic E-state index is 11.2. The largest absolute Gasteiger partial charge is 0.368 e. The molecule has 1 fully saturated rings. The lowest BCUT2D eigenvalue weighted by Gasteiger charge is -2.36. The van der Waals surface area contributed by atoms with Gasteiger partial charge in [-0.2, -0.15) is 5.10 Å². The number of primary amides is 1. The number of hydrogen-bond acceptors (Lipinski definition) is 6. The van der Waals surface area contributed by atoms with Crippen molar-refractivity contribution in [3.8, 4) is 0 Å². The number of carbonyl (C=O) groups is 1. The van der Waals surface area contributed by atoms with Crippen molar-refractivity contribution in [3.05, 3.63) is 40.8 Å². The number of nitrogens with zero attached hydrogens (tertiary/aromatic N) is 6. The second kappa shape index (κ2) is 6.56. The Morgan fingerprint density at radius 3 is 2.38 bits per heavy atom. The Labute approximate surface area is 158 Å². The minimum atomic E-state index is -0.406. The maximum Gasteiger partial charge on any atom is 0.248 e. The third kappa shape index (κ3) is 2.88. The molecule has 0 atom stereocenters. The van der Waals surface area contributed by atoms with E-state index in [0.717, 1.165) is 53.3 Å². The Balaban J connectivity index is 1.53. The minimum Gasteiger partial charge on any atom is -0.368 e. The van der Waals surface area contributed by atoms with Crippen LogP contribution in [-0.4, -0.2) is 51.8 Å². The van der Waals surface area contributed by atoms with Gasteiger partial charge in [-0.3, -0.25) is 4.79 Å². The summed E-state index contributed by atoms with van der Waals surface area (Å²) in [5.41, 5.74) is 7.73. The quantitative estimate of drug-likeness (QED) is 0.697. The van der Waals surface area contributed by atoms with E-state index in [9.17, 15) is 4.79 Å². The van der Waals surface area contributed by atoms with E-state index in [-0.39, 0.29) is 0 Å². The first-order chi connectivity index (χ1) is 12.5. The molecule has 134 valence electrons. The zero-order valence-corrected chi connectivity index (χ0v) is 15.8. The fraction of sp³-hybridized carbons (Fsp3) is 0.294. The van der Waals surface area contributed by atoms with Gasteiger partial charge < -0.3 is 15.5 Å². The number of anilines is 2. The van der Waals surface area contributed by atoms with Crippen molar-refractivity contribution >= 4 is 44.4 Å². The number of aryl methyl sites for hydroxylation is 1. The van der Waals surface area contributed by atoms with E-state index >= 15 is 0 Å². The van der Waals surface area contributed by atoms with E-state index in [4.69, 9.17) is 5.73 Å². The Morgan fingerprint density at radius 2 is 1.73 bits per heavy atom. The van der Waals surface area contributed by atoms with Crippen molar-refractivity contribution in [1.29, 1.82) is 0 Å². The average Bonchev–Trinajstić information content (AvgIpc) is 2.96. The van der Waals surface area contributed by atoms with Gasteiger partial charge in [0.2, 0.25) is 5.91 Å². The Hall–Kier alpha value is -2.68. The van der Waals surface area contributed by atoms with Crippen LogP contribution < -0.4 is 15.5 Å². The summed E-state index contributed by atoms with van der Waals surface area (Å²) in [6, 6.07) is 7.42. The van der Waals surface area contributed by atoms with Gasteiger partial charge in [0.25, 0.3) is 0 Å². The van der Waals surface area contributed by atoms with Crippen molar-refractivity contribution in [1.82, 2.24) is 19.7 Å². The van der Waals surface area contributed by atoms with Gasteiger partial charge in [0, 0.05) is 44.5 Å². The molecule has 0 bridgehead atoms.